The van der Waals surface area contributed by atoms with Gasteiger partial charge >= 0.3 is 0 Å². The molecule has 0 bridgehead atoms. The van der Waals surface area contributed by atoms with Crippen LogP contribution in [0.5, 0.6) is 0 Å². The van der Waals surface area contributed by atoms with Gasteiger partial charge in [0.1, 0.15) is 0 Å². The molecule has 0 aromatic heterocycles. The van der Waals surface area contributed by atoms with Gasteiger partial charge in [-0.05, 0) is 26.4 Å². The van der Waals surface area contributed by atoms with Gasteiger partial charge in [-0.2, -0.15) is 0 Å². The van der Waals surface area contributed by atoms with Gasteiger partial charge < -0.3 is 10.0 Å². The zero-order valence-corrected chi connectivity index (χ0v) is 10.2. The molecule has 0 fully saturated rings. The van der Waals surface area contributed by atoms with Crippen molar-refractivity contribution >= 4 is 17.0 Å². The van der Waals surface area contributed by atoms with Gasteiger partial charge in [0.25, 0.3) is 0 Å². The van der Waals surface area contributed by atoms with E-state index in [2.05, 4.69) is 18.5 Å². The molecule has 80 valence electrons. The predicted molar refractivity (Wildman–Crippen MR) is 63.6 cm³/mol. The Kier molecular flexibility index (Phi) is 14.6. The minimum Gasteiger partial charge on any atom is -0.396 e. The van der Waals surface area contributed by atoms with E-state index in [9.17, 15) is 0 Å². The molecule has 0 amide bonds. The number of rotatable bonds is 8. The summed E-state index contributed by atoms with van der Waals surface area (Å²) in [5.74, 6) is 0. The highest BCUT2D eigenvalue weighted by atomic mass is 79.9. The Morgan fingerprint density at radius 2 is 1.85 bits per heavy atom. The van der Waals surface area contributed by atoms with Gasteiger partial charge in [0.2, 0.25) is 0 Å². The van der Waals surface area contributed by atoms with Crippen LogP contribution < -0.4 is 0 Å². The minimum atomic E-state index is 0. The topological polar surface area (TPSA) is 23.5 Å². The minimum absolute atomic E-state index is 0. The van der Waals surface area contributed by atoms with Crippen molar-refractivity contribution in [2.24, 2.45) is 0 Å². The van der Waals surface area contributed by atoms with Crippen molar-refractivity contribution in [3.63, 3.8) is 0 Å². The van der Waals surface area contributed by atoms with Crippen LogP contribution in [0.25, 0.3) is 0 Å². The summed E-state index contributed by atoms with van der Waals surface area (Å²) in [5.41, 5.74) is 0. The van der Waals surface area contributed by atoms with Crippen molar-refractivity contribution in [1.29, 1.82) is 0 Å². The Labute approximate surface area is 92.4 Å². The highest BCUT2D eigenvalue weighted by Gasteiger charge is 1.94. The summed E-state index contributed by atoms with van der Waals surface area (Å²) in [7, 11) is 2.10. The summed E-state index contributed by atoms with van der Waals surface area (Å²) < 4.78 is 0. The molecule has 0 saturated heterocycles. The molecule has 3 heteroatoms. The van der Waals surface area contributed by atoms with E-state index in [4.69, 9.17) is 5.11 Å². The van der Waals surface area contributed by atoms with Crippen LogP contribution in [0.1, 0.15) is 25.7 Å². The standard InChI is InChI=1S/C10H21NO.BrH/c1-3-8-11(2)9-6-4-5-7-10-12;/h3,12H,1,4-10H2,2H3;1H. The summed E-state index contributed by atoms with van der Waals surface area (Å²) in [6, 6.07) is 0. The smallest absolute Gasteiger partial charge is 0.0431 e. The van der Waals surface area contributed by atoms with Gasteiger partial charge in [0.15, 0.2) is 0 Å². The van der Waals surface area contributed by atoms with Crippen molar-refractivity contribution in [2.45, 2.75) is 25.7 Å². The molecule has 0 heterocycles. The van der Waals surface area contributed by atoms with Crippen LogP contribution in [-0.2, 0) is 0 Å². The van der Waals surface area contributed by atoms with Crippen LogP contribution in [0.2, 0.25) is 0 Å². The summed E-state index contributed by atoms with van der Waals surface area (Å²) >= 11 is 0. The van der Waals surface area contributed by atoms with E-state index in [1.165, 1.54) is 12.8 Å². The normalized spacial score (nSPS) is 9.77. The van der Waals surface area contributed by atoms with Crippen LogP contribution >= 0.6 is 17.0 Å². The number of aliphatic hydroxyl groups excluding tert-OH is 1. The Morgan fingerprint density at radius 1 is 1.23 bits per heavy atom. The number of unbranched alkanes of at least 4 members (excludes halogenated alkanes) is 3. The molecule has 0 aliphatic heterocycles. The molecular weight excluding hydrogens is 230 g/mol. The average Bonchev–Trinajstić information content (AvgIpc) is 2.05. The van der Waals surface area contributed by atoms with Crippen LogP contribution in [0.15, 0.2) is 12.7 Å². The van der Waals surface area contributed by atoms with E-state index in [1.54, 1.807) is 0 Å². The fraction of sp³-hybridized carbons (Fsp3) is 0.800. The lowest BCUT2D eigenvalue weighted by atomic mass is 10.2. The van der Waals surface area contributed by atoms with Crippen LogP contribution in [0.4, 0.5) is 0 Å². The lowest BCUT2D eigenvalue weighted by Gasteiger charge is -2.13. The average molecular weight is 252 g/mol. The molecule has 13 heavy (non-hydrogen) atoms. The van der Waals surface area contributed by atoms with Gasteiger partial charge in [0, 0.05) is 13.2 Å². The first-order valence-corrected chi connectivity index (χ1v) is 4.71. The molecule has 0 aliphatic carbocycles. The molecule has 0 rings (SSSR count). The third kappa shape index (κ3) is 12.1. The van der Waals surface area contributed by atoms with Crippen molar-refractivity contribution in [1.82, 2.24) is 4.90 Å². The van der Waals surface area contributed by atoms with E-state index in [1.807, 2.05) is 6.08 Å². The Balaban J connectivity index is 0. The monoisotopic (exact) mass is 251 g/mol. The fourth-order valence-corrected chi connectivity index (χ4v) is 1.16. The quantitative estimate of drug-likeness (QED) is 0.529. The van der Waals surface area contributed by atoms with Gasteiger partial charge in [-0.1, -0.05) is 18.9 Å². The second kappa shape index (κ2) is 12.1. The lowest BCUT2D eigenvalue weighted by molar-refractivity contribution is 0.280. The molecule has 0 aliphatic rings. The first kappa shape index (κ1) is 15.6. The summed E-state index contributed by atoms with van der Waals surface area (Å²) in [6.45, 7) is 6.13. The summed E-state index contributed by atoms with van der Waals surface area (Å²) in [5, 5.41) is 8.54. The maximum Gasteiger partial charge on any atom is 0.0431 e. The molecule has 0 radical (unpaired) electrons. The Morgan fingerprint density at radius 3 is 2.38 bits per heavy atom. The van der Waals surface area contributed by atoms with E-state index < -0.39 is 0 Å². The first-order valence-electron chi connectivity index (χ1n) is 4.71. The lowest BCUT2D eigenvalue weighted by Crippen LogP contribution is -2.19. The van der Waals surface area contributed by atoms with Gasteiger partial charge in [0.05, 0.1) is 0 Å². The van der Waals surface area contributed by atoms with Crippen LogP contribution in [0, 0.1) is 0 Å². The number of hydrogen-bond acceptors (Lipinski definition) is 2. The molecular formula is C10H22BrNO. The SMILES string of the molecule is Br.C=CCN(C)CCCCCCO. The number of halogens is 1. The zero-order valence-electron chi connectivity index (χ0n) is 8.54. The van der Waals surface area contributed by atoms with Gasteiger partial charge in [-0.25, -0.2) is 0 Å². The number of likely N-dealkylation sites (N-methyl/N-ethyl adjacent to an activating group) is 1. The summed E-state index contributed by atoms with van der Waals surface area (Å²) in [4.78, 5) is 2.26. The molecule has 0 aromatic rings. The number of nitrogens with zero attached hydrogens (tertiary/aromatic N) is 1. The van der Waals surface area contributed by atoms with E-state index in [-0.39, 0.29) is 17.0 Å². The van der Waals surface area contributed by atoms with Crippen LogP contribution in [0.3, 0.4) is 0 Å². The molecule has 2 nitrogen and oxygen atoms in total. The fourth-order valence-electron chi connectivity index (χ4n) is 1.16. The highest BCUT2D eigenvalue weighted by molar-refractivity contribution is 8.93. The second-order valence-corrected chi connectivity index (χ2v) is 3.19. The third-order valence-corrected chi connectivity index (χ3v) is 1.89. The van der Waals surface area contributed by atoms with Crippen molar-refractivity contribution in [2.75, 3.05) is 26.7 Å². The Hall–Kier alpha value is 0.140. The number of aliphatic hydroxyl groups is 1. The maximum atomic E-state index is 8.54. The van der Waals surface area contributed by atoms with Crippen molar-refractivity contribution in [3.8, 4) is 0 Å². The second-order valence-electron chi connectivity index (χ2n) is 3.19. The Bertz CT molecular complexity index is 109. The van der Waals surface area contributed by atoms with E-state index >= 15 is 0 Å². The number of hydrogen-bond donors (Lipinski definition) is 1. The molecule has 1 N–H and O–H groups in total. The van der Waals surface area contributed by atoms with Gasteiger partial charge in [-0.15, -0.1) is 23.6 Å². The highest BCUT2D eigenvalue weighted by Crippen LogP contribution is 1.99. The zero-order chi connectivity index (χ0) is 9.23. The van der Waals surface area contributed by atoms with Gasteiger partial charge in [-0.3, -0.25) is 0 Å². The van der Waals surface area contributed by atoms with E-state index in [0.717, 1.165) is 25.9 Å². The van der Waals surface area contributed by atoms with Crippen molar-refractivity contribution in [3.05, 3.63) is 12.7 Å². The maximum absolute atomic E-state index is 8.54. The first-order chi connectivity index (χ1) is 5.81. The van der Waals surface area contributed by atoms with E-state index in [0.29, 0.717) is 6.61 Å². The molecule has 0 spiro atoms. The van der Waals surface area contributed by atoms with Crippen LogP contribution in [-0.4, -0.2) is 36.8 Å². The largest absolute Gasteiger partial charge is 0.396 e. The predicted octanol–water partition coefficient (Wildman–Crippen LogP) is 2.23. The molecule has 0 saturated carbocycles. The third-order valence-electron chi connectivity index (χ3n) is 1.89. The summed E-state index contributed by atoms with van der Waals surface area (Å²) in [6.07, 6.45) is 6.48. The molecule has 0 atom stereocenters. The molecule has 0 unspecified atom stereocenters. The molecule has 0 aromatic carbocycles. The van der Waals surface area contributed by atoms with Crippen molar-refractivity contribution < 1.29 is 5.11 Å².